The summed E-state index contributed by atoms with van der Waals surface area (Å²) in [5.74, 6) is 0. The predicted octanol–water partition coefficient (Wildman–Crippen LogP) is 5.52. The van der Waals surface area contributed by atoms with Crippen LogP contribution in [0.5, 0.6) is 0 Å². The number of amides is 1. The summed E-state index contributed by atoms with van der Waals surface area (Å²) in [4.78, 5) is 14.7. The third-order valence-corrected chi connectivity index (χ3v) is 8.05. The van der Waals surface area contributed by atoms with E-state index in [1.54, 1.807) is 11.8 Å². The number of cyclic esters (lactones) is 1. The molecular formula is C25H44N2O3. The van der Waals surface area contributed by atoms with Gasteiger partial charge >= 0.3 is 6.09 Å². The van der Waals surface area contributed by atoms with Gasteiger partial charge in [-0.05, 0) is 98.8 Å². The van der Waals surface area contributed by atoms with E-state index in [1.165, 1.54) is 24.0 Å². The minimum atomic E-state index is -1.34. The van der Waals surface area contributed by atoms with E-state index in [2.05, 4.69) is 53.8 Å². The van der Waals surface area contributed by atoms with Crippen molar-refractivity contribution >= 4 is 6.09 Å². The number of aliphatic hydroxyl groups is 1. The summed E-state index contributed by atoms with van der Waals surface area (Å²) in [6.45, 7) is 19.2. The van der Waals surface area contributed by atoms with E-state index in [9.17, 15) is 9.90 Å². The number of hydrogen-bond acceptors (Lipinski definition) is 4. The Hall–Kier alpha value is -1.07. The second kappa shape index (κ2) is 7.23. The summed E-state index contributed by atoms with van der Waals surface area (Å²) in [5, 5.41) is 15.4. The minimum absolute atomic E-state index is 0.0624. The molecule has 3 rings (SSSR count). The monoisotopic (exact) mass is 420 g/mol. The van der Waals surface area contributed by atoms with Crippen molar-refractivity contribution in [3.63, 3.8) is 0 Å². The highest BCUT2D eigenvalue weighted by Gasteiger charge is 2.62. The van der Waals surface area contributed by atoms with Crippen molar-refractivity contribution in [1.29, 1.82) is 0 Å². The number of hydrogen-bond donors (Lipinski definition) is 2. The summed E-state index contributed by atoms with van der Waals surface area (Å²) < 4.78 is 5.95. The van der Waals surface area contributed by atoms with Crippen LogP contribution in [-0.4, -0.2) is 44.5 Å². The highest BCUT2D eigenvalue weighted by molar-refractivity contribution is 5.72. The molecule has 5 nitrogen and oxygen atoms in total. The second-order valence-corrected chi connectivity index (χ2v) is 12.4. The van der Waals surface area contributed by atoms with E-state index in [-0.39, 0.29) is 28.6 Å². The zero-order valence-electron chi connectivity index (χ0n) is 20.7. The molecule has 0 bridgehead atoms. The third kappa shape index (κ3) is 4.17. The van der Waals surface area contributed by atoms with E-state index in [1.807, 2.05) is 6.92 Å². The fraction of sp³-hybridized carbons (Fsp3) is 0.880. The van der Waals surface area contributed by atoms with Gasteiger partial charge in [0.05, 0.1) is 0 Å². The van der Waals surface area contributed by atoms with Crippen molar-refractivity contribution < 1.29 is 14.6 Å². The highest BCUT2D eigenvalue weighted by Crippen LogP contribution is 2.48. The molecule has 0 radical (unpaired) electrons. The number of nitrogens with zero attached hydrogens (tertiary/aromatic N) is 1. The lowest BCUT2D eigenvalue weighted by Crippen LogP contribution is -2.66. The number of carbonyl (C=O) groups excluding carboxylic acids is 1. The molecule has 1 amide bonds. The van der Waals surface area contributed by atoms with Crippen LogP contribution in [0.4, 0.5) is 4.79 Å². The molecule has 3 aliphatic rings. The van der Waals surface area contributed by atoms with Crippen LogP contribution in [0.2, 0.25) is 0 Å². The molecule has 0 aromatic rings. The van der Waals surface area contributed by atoms with Crippen LogP contribution in [0, 0.1) is 5.41 Å². The van der Waals surface area contributed by atoms with E-state index in [4.69, 9.17) is 4.74 Å². The predicted molar refractivity (Wildman–Crippen MR) is 121 cm³/mol. The van der Waals surface area contributed by atoms with Crippen LogP contribution in [0.3, 0.4) is 0 Å². The van der Waals surface area contributed by atoms with Gasteiger partial charge in [-0.25, -0.2) is 4.79 Å². The Morgan fingerprint density at radius 3 is 2.17 bits per heavy atom. The molecule has 2 heterocycles. The number of rotatable bonds is 4. The first-order chi connectivity index (χ1) is 13.5. The smallest absolute Gasteiger partial charge is 0.413 e. The van der Waals surface area contributed by atoms with Crippen molar-refractivity contribution in [2.45, 2.75) is 136 Å². The molecule has 2 aliphatic heterocycles. The van der Waals surface area contributed by atoms with E-state index in [0.29, 0.717) is 6.42 Å². The first kappa shape index (κ1) is 23.6. The number of allylic oxidation sites excluding steroid dienone is 2. The summed E-state index contributed by atoms with van der Waals surface area (Å²) in [6.07, 6.45) is 6.27. The molecule has 172 valence electrons. The second-order valence-electron chi connectivity index (χ2n) is 12.4. The number of carbonyl (C=O) groups is 1. The highest BCUT2D eigenvalue weighted by atomic mass is 16.6. The van der Waals surface area contributed by atoms with Crippen LogP contribution in [0.1, 0.15) is 107 Å². The zero-order chi connectivity index (χ0) is 22.8. The van der Waals surface area contributed by atoms with Crippen molar-refractivity contribution in [1.82, 2.24) is 10.2 Å². The Balaban J connectivity index is 1.83. The largest absolute Gasteiger partial charge is 0.438 e. The third-order valence-electron chi connectivity index (χ3n) is 8.05. The Kier molecular flexibility index (Phi) is 5.69. The Morgan fingerprint density at radius 2 is 1.63 bits per heavy atom. The van der Waals surface area contributed by atoms with Gasteiger partial charge in [-0.15, -0.1) is 0 Å². The van der Waals surface area contributed by atoms with Gasteiger partial charge in [0.2, 0.25) is 0 Å². The molecule has 0 saturated carbocycles. The first-order valence-electron chi connectivity index (χ1n) is 11.7. The van der Waals surface area contributed by atoms with Crippen LogP contribution >= 0.6 is 0 Å². The molecular weight excluding hydrogens is 376 g/mol. The van der Waals surface area contributed by atoms with Gasteiger partial charge in [-0.3, -0.25) is 4.90 Å². The molecule has 1 aliphatic carbocycles. The lowest BCUT2D eigenvalue weighted by molar-refractivity contribution is -0.154. The zero-order valence-corrected chi connectivity index (χ0v) is 20.7. The SMILES string of the molecule is CC1=C(CC[C@@]2(C)OC(=O)N(C3CC(C)(C)NC(C)(C)C3)[C@]2(C)O)C(C)(C)CCC1. The van der Waals surface area contributed by atoms with Crippen molar-refractivity contribution in [3.8, 4) is 0 Å². The molecule has 30 heavy (non-hydrogen) atoms. The minimum Gasteiger partial charge on any atom is -0.438 e. The fourth-order valence-corrected chi connectivity index (χ4v) is 6.60. The van der Waals surface area contributed by atoms with Crippen molar-refractivity contribution in [2.75, 3.05) is 0 Å². The topological polar surface area (TPSA) is 61.8 Å². The molecule has 0 spiro atoms. The van der Waals surface area contributed by atoms with Gasteiger partial charge in [0.1, 0.15) is 0 Å². The van der Waals surface area contributed by atoms with Gasteiger partial charge in [0, 0.05) is 17.1 Å². The Morgan fingerprint density at radius 1 is 1.07 bits per heavy atom. The molecule has 2 N–H and O–H groups in total. The van der Waals surface area contributed by atoms with Gasteiger partial charge in [-0.1, -0.05) is 25.0 Å². The lowest BCUT2D eigenvalue weighted by Gasteiger charge is -2.51. The van der Waals surface area contributed by atoms with Gasteiger partial charge in [0.25, 0.3) is 0 Å². The van der Waals surface area contributed by atoms with Crippen LogP contribution in [0.15, 0.2) is 11.1 Å². The average molecular weight is 421 g/mol. The van der Waals surface area contributed by atoms with E-state index in [0.717, 1.165) is 25.7 Å². The number of piperidine rings is 1. The average Bonchev–Trinajstić information content (AvgIpc) is 2.67. The summed E-state index contributed by atoms with van der Waals surface area (Å²) >= 11 is 0. The standard InChI is InChI=1S/C25H44N2O3/c1-17-11-10-13-21(2,3)19(17)12-14-24(8)25(9,29)27(20(28)30-24)18-15-22(4,5)26-23(6,7)16-18/h18,26,29H,10-16H2,1-9H3/t24-,25-/m1/s1. The van der Waals surface area contributed by atoms with Crippen LogP contribution in [0.25, 0.3) is 0 Å². The lowest BCUT2D eigenvalue weighted by atomic mass is 9.70. The molecule has 2 saturated heterocycles. The first-order valence-corrected chi connectivity index (χ1v) is 11.7. The molecule has 2 fully saturated rings. The Bertz CT molecular complexity index is 719. The summed E-state index contributed by atoms with van der Waals surface area (Å²) in [7, 11) is 0. The quantitative estimate of drug-likeness (QED) is 0.588. The van der Waals surface area contributed by atoms with Crippen LogP contribution < -0.4 is 5.32 Å². The summed E-state index contributed by atoms with van der Waals surface area (Å²) in [5.41, 5.74) is 0.624. The Labute approximate surface area is 183 Å². The molecule has 0 aromatic carbocycles. The van der Waals surface area contributed by atoms with E-state index >= 15 is 0 Å². The number of ether oxygens (including phenoxy) is 1. The molecule has 0 aromatic heterocycles. The molecule has 2 atom stereocenters. The van der Waals surface area contributed by atoms with Gasteiger partial charge in [0.15, 0.2) is 11.3 Å². The maximum absolute atomic E-state index is 13.1. The fourth-order valence-electron chi connectivity index (χ4n) is 6.60. The van der Waals surface area contributed by atoms with Gasteiger partial charge in [-0.2, -0.15) is 0 Å². The van der Waals surface area contributed by atoms with Crippen molar-refractivity contribution in [3.05, 3.63) is 11.1 Å². The normalized spacial score (nSPS) is 36.2. The molecule has 5 heteroatoms. The van der Waals surface area contributed by atoms with E-state index < -0.39 is 11.3 Å². The van der Waals surface area contributed by atoms with Gasteiger partial charge < -0.3 is 15.2 Å². The number of nitrogens with one attached hydrogen (secondary N) is 1. The molecule has 0 unspecified atom stereocenters. The van der Waals surface area contributed by atoms with Crippen molar-refractivity contribution in [2.24, 2.45) is 5.41 Å². The maximum Gasteiger partial charge on any atom is 0.413 e. The summed E-state index contributed by atoms with van der Waals surface area (Å²) in [6, 6.07) is -0.0624. The maximum atomic E-state index is 13.1. The van der Waals surface area contributed by atoms with Crippen LogP contribution in [-0.2, 0) is 4.74 Å².